The number of amides is 2. The number of hydrogen-bond acceptors (Lipinski definition) is 4. The van der Waals surface area contributed by atoms with E-state index in [1.54, 1.807) is 18.3 Å². The van der Waals surface area contributed by atoms with E-state index >= 15 is 0 Å². The summed E-state index contributed by atoms with van der Waals surface area (Å²) in [4.78, 5) is 34.6. The summed E-state index contributed by atoms with van der Waals surface area (Å²) >= 11 is 12.1. The Balaban J connectivity index is 1.28. The van der Waals surface area contributed by atoms with Gasteiger partial charge in [-0.1, -0.05) is 49.2 Å². The monoisotopic (exact) mass is 529 g/mol. The number of likely N-dealkylation sites (tertiary alicyclic amines) is 2. The van der Waals surface area contributed by atoms with Gasteiger partial charge in [0, 0.05) is 66.1 Å². The van der Waals surface area contributed by atoms with Gasteiger partial charge < -0.3 is 14.5 Å². The Bertz CT molecular complexity index is 1110. The molecule has 0 spiro atoms. The van der Waals surface area contributed by atoms with Gasteiger partial charge in [0.05, 0.1) is 11.6 Å². The molecule has 2 unspecified atom stereocenters. The molecule has 0 bridgehead atoms. The maximum absolute atomic E-state index is 13.7. The summed E-state index contributed by atoms with van der Waals surface area (Å²) in [5.74, 6) is 1.02. The van der Waals surface area contributed by atoms with Crippen LogP contribution in [0.3, 0.4) is 0 Å². The molecular formula is C28H33Cl2N3O3. The van der Waals surface area contributed by atoms with Gasteiger partial charge >= 0.3 is 0 Å². The van der Waals surface area contributed by atoms with Crippen LogP contribution in [0.4, 0.5) is 0 Å². The van der Waals surface area contributed by atoms with Crippen LogP contribution >= 0.6 is 23.2 Å². The molecule has 0 radical (unpaired) electrons. The maximum Gasteiger partial charge on any atom is 0.228 e. The van der Waals surface area contributed by atoms with Crippen molar-refractivity contribution in [3.8, 4) is 5.88 Å². The Morgan fingerprint density at radius 3 is 2.28 bits per heavy atom. The van der Waals surface area contributed by atoms with Crippen molar-refractivity contribution < 1.29 is 14.3 Å². The van der Waals surface area contributed by atoms with Gasteiger partial charge in [0.15, 0.2) is 0 Å². The van der Waals surface area contributed by atoms with Gasteiger partial charge in [-0.15, -0.1) is 0 Å². The lowest BCUT2D eigenvalue weighted by molar-refractivity contribution is -0.142. The first-order valence-corrected chi connectivity index (χ1v) is 13.5. The average Bonchev–Trinajstić information content (AvgIpc) is 3.54. The molecule has 36 heavy (non-hydrogen) atoms. The molecule has 2 saturated heterocycles. The summed E-state index contributed by atoms with van der Waals surface area (Å²) < 4.78 is 6.10. The summed E-state index contributed by atoms with van der Waals surface area (Å²) in [5, 5.41) is 1.25. The first kappa shape index (κ1) is 25.3. The Morgan fingerprint density at radius 1 is 1.00 bits per heavy atom. The lowest BCUT2D eigenvalue weighted by Crippen LogP contribution is -2.46. The van der Waals surface area contributed by atoms with Crippen molar-refractivity contribution in [2.24, 2.45) is 16.7 Å². The van der Waals surface area contributed by atoms with Crippen LogP contribution in [0.5, 0.6) is 5.88 Å². The van der Waals surface area contributed by atoms with Crippen molar-refractivity contribution in [1.29, 1.82) is 0 Å². The average molecular weight is 530 g/mol. The molecule has 2 amide bonds. The van der Waals surface area contributed by atoms with Crippen LogP contribution in [-0.2, 0) is 9.59 Å². The van der Waals surface area contributed by atoms with E-state index in [4.69, 9.17) is 27.9 Å². The molecule has 2 aliphatic heterocycles. The molecule has 8 heteroatoms. The van der Waals surface area contributed by atoms with Crippen LogP contribution in [0.15, 0.2) is 42.6 Å². The second kappa shape index (κ2) is 9.86. The SMILES string of the molecule is CC1(C(=O)N2CCC(C(=O)N3CC(c4ccc(Cl)cc4)C(C)(COc4ccc(Cl)cn4)C3)CC2)CC1. The van der Waals surface area contributed by atoms with Crippen LogP contribution in [0.25, 0.3) is 0 Å². The minimum atomic E-state index is -0.304. The number of pyridine rings is 1. The molecule has 1 aliphatic carbocycles. The zero-order valence-corrected chi connectivity index (χ0v) is 22.4. The fraction of sp³-hybridized carbons (Fsp3) is 0.536. The largest absolute Gasteiger partial charge is 0.477 e. The molecule has 3 heterocycles. The van der Waals surface area contributed by atoms with Crippen molar-refractivity contribution in [3.05, 3.63) is 58.2 Å². The minimum Gasteiger partial charge on any atom is -0.477 e. The van der Waals surface area contributed by atoms with Crippen LogP contribution in [0.2, 0.25) is 10.0 Å². The highest BCUT2D eigenvalue weighted by Gasteiger charge is 2.49. The predicted molar refractivity (Wildman–Crippen MR) is 140 cm³/mol. The van der Waals surface area contributed by atoms with E-state index in [-0.39, 0.29) is 34.5 Å². The quantitative estimate of drug-likeness (QED) is 0.499. The Hall–Kier alpha value is -2.31. The fourth-order valence-electron chi connectivity index (χ4n) is 5.63. The highest BCUT2D eigenvalue weighted by atomic mass is 35.5. The number of hydrogen-bond donors (Lipinski definition) is 0. The standard InChI is InChI=1S/C28H33Cl2N3O3/c1-27(11-12-27)26(35)32-13-9-20(10-14-32)25(34)33-16-23(19-3-5-21(29)6-4-19)28(2,17-33)18-36-24-8-7-22(30)15-31-24/h3-8,15,20,23H,9-14,16-18H2,1-2H3. The highest BCUT2D eigenvalue weighted by molar-refractivity contribution is 6.30. The molecule has 6 nitrogen and oxygen atoms in total. The number of aromatic nitrogens is 1. The topological polar surface area (TPSA) is 62.7 Å². The van der Waals surface area contributed by atoms with Gasteiger partial charge in [0.1, 0.15) is 0 Å². The Labute approximate surface area is 222 Å². The van der Waals surface area contributed by atoms with Gasteiger partial charge in [-0.2, -0.15) is 0 Å². The Morgan fingerprint density at radius 2 is 1.67 bits per heavy atom. The summed E-state index contributed by atoms with van der Waals surface area (Å²) in [5.41, 5.74) is 0.684. The molecular weight excluding hydrogens is 497 g/mol. The van der Waals surface area contributed by atoms with E-state index in [1.165, 1.54) is 0 Å². The first-order valence-electron chi connectivity index (χ1n) is 12.7. The zero-order chi connectivity index (χ0) is 25.5. The van der Waals surface area contributed by atoms with E-state index < -0.39 is 0 Å². The molecule has 192 valence electrons. The fourth-order valence-corrected chi connectivity index (χ4v) is 5.86. The third kappa shape index (κ3) is 5.21. The van der Waals surface area contributed by atoms with Crippen molar-refractivity contribution in [1.82, 2.24) is 14.8 Å². The van der Waals surface area contributed by atoms with Crippen LogP contribution in [0, 0.1) is 16.7 Å². The first-order chi connectivity index (χ1) is 17.2. The van der Waals surface area contributed by atoms with E-state index in [0.29, 0.717) is 48.7 Å². The zero-order valence-electron chi connectivity index (χ0n) is 20.9. The minimum absolute atomic E-state index is 0.0480. The maximum atomic E-state index is 13.7. The van der Waals surface area contributed by atoms with Gasteiger partial charge in [0.2, 0.25) is 17.7 Å². The number of carbonyl (C=O) groups is 2. The van der Waals surface area contributed by atoms with Crippen LogP contribution < -0.4 is 4.74 Å². The van der Waals surface area contributed by atoms with Crippen molar-refractivity contribution in [2.45, 2.75) is 45.4 Å². The number of ether oxygens (including phenoxy) is 1. The number of rotatable bonds is 6. The van der Waals surface area contributed by atoms with E-state index in [0.717, 1.165) is 31.2 Å². The number of nitrogens with zero attached hydrogens (tertiary/aromatic N) is 3. The lowest BCUT2D eigenvalue weighted by atomic mass is 9.77. The Kier molecular flexibility index (Phi) is 6.94. The smallest absolute Gasteiger partial charge is 0.228 e. The number of benzene rings is 1. The lowest BCUT2D eigenvalue weighted by Gasteiger charge is -2.35. The van der Waals surface area contributed by atoms with E-state index in [9.17, 15) is 9.59 Å². The van der Waals surface area contributed by atoms with Crippen molar-refractivity contribution >= 4 is 35.0 Å². The molecule has 2 atom stereocenters. The van der Waals surface area contributed by atoms with Crippen LogP contribution in [-0.4, -0.2) is 59.4 Å². The number of piperidine rings is 1. The molecule has 0 N–H and O–H groups in total. The molecule has 3 aliphatic rings. The molecule has 2 aromatic rings. The normalized spacial score (nSPS) is 25.6. The number of carbonyl (C=O) groups excluding carboxylic acids is 2. The second-order valence-electron chi connectivity index (χ2n) is 11.2. The second-order valence-corrected chi connectivity index (χ2v) is 12.1. The van der Waals surface area contributed by atoms with E-state index in [2.05, 4.69) is 18.8 Å². The van der Waals surface area contributed by atoms with Gasteiger partial charge in [-0.05, 0) is 49.4 Å². The van der Waals surface area contributed by atoms with Gasteiger partial charge in [-0.3, -0.25) is 9.59 Å². The van der Waals surface area contributed by atoms with Crippen molar-refractivity contribution in [3.63, 3.8) is 0 Å². The predicted octanol–water partition coefficient (Wildman–Crippen LogP) is 5.44. The summed E-state index contributed by atoms with van der Waals surface area (Å²) in [6, 6.07) is 11.4. The molecule has 1 saturated carbocycles. The molecule has 5 rings (SSSR count). The summed E-state index contributed by atoms with van der Waals surface area (Å²) in [6.45, 7) is 7.22. The molecule has 3 fully saturated rings. The van der Waals surface area contributed by atoms with Crippen molar-refractivity contribution in [2.75, 3.05) is 32.8 Å². The molecule has 1 aromatic carbocycles. The third-order valence-corrected chi connectivity index (χ3v) is 8.75. The highest BCUT2D eigenvalue weighted by Crippen LogP contribution is 2.47. The van der Waals surface area contributed by atoms with Crippen LogP contribution in [0.1, 0.15) is 51.0 Å². The number of halogens is 2. The van der Waals surface area contributed by atoms with Gasteiger partial charge in [0.25, 0.3) is 0 Å². The van der Waals surface area contributed by atoms with Gasteiger partial charge in [-0.25, -0.2) is 4.98 Å². The molecule has 1 aromatic heterocycles. The summed E-state index contributed by atoms with van der Waals surface area (Å²) in [7, 11) is 0. The third-order valence-electron chi connectivity index (χ3n) is 8.28. The van der Waals surface area contributed by atoms with E-state index in [1.807, 2.05) is 34.1 Å². The summed E-state index contributed by atoms with van der Waals surface area (Å²) in [6.07, 6.45) is 4.99.